The summed E-state index contributed by atoms with van der Waals surface area (Å²) in [5.74, 6) is -1.00. The maximum atomic E-state index is 12.3. The predicted molar refractivity (Wildman–Crippen MR) is 110 cm³/mol. The lowest BCUT2D eigenvalue weighted by Crippen LogP contribution is -2.42. The number of benzene rings is 2. The van der Waals surface area contributed by atoms with Gasteiger partial charge in [-0.15, -0.1) is 0 Å². The van der Waals surface area contributed by atoms with Crippen LogP contribution in [0.3, 0.4) is 0 Å². The highest BCUT2D eigenvalue weighted by Gasteiger charge is 2.34. The monoisotopic (exact) mass is 421 g/mol. The Morgan fingerprint density at radius 3 is 2.17 bits per heavy atom. The molecule has 0 aromatic heterocycles. The molecule has 0 aliphatic rings. The van der Waals surface area contributed by atoms with Crippen LogP contribution in [0.2, 0.25) is 0 Å². The third kappa shape index (κ3) is 6.28. The molecule has 0 bridgehead atoms. The first kappa shape index (κ1) is 22.9. The van der Waals surface area contributed by atoms with Crippen LogP contribution in [-0.2, 0) is 14.3 Å². The summed E-state index contributed by atoms with van der Waals surface area (Å²) in [4.78, 5) is 12.3. The zero-order valence-electron chi connectivity index (χ0n) is 17.2. The Balaban J connectivity index is 2.31. The number of carbonyl (C=O) groups is 1. The van der Waals surface area contributed by atoms with E-state index < -0.39 is 33.6 Å². The van der Waals surface area contributed by atoms with Gasteiger partial charge in [-0.3, -0.25) is 4.18 Å². The number of nitrogens with two attached hydrogens (primary N) is 1. The minimum Gasteiger partial charge on any atom is -0.504 e. The van der Waals surface area contributed by atoms with Gasteiger partial charge in [-0.25, -0.2) is 4.79 Å². The molecule has 0 radical (unpaired) electrons. The molecule has 29 heavy (non-hydrogen) atoms. The van der Waals surface area contributed by atoms with Crippen molar-refractivity contribution in [3.8, 4) is 11.5 Å². The normalized spacial score (nSPS) is 14.3. The molecule has 2 aromatic carbocycles. The summed E-state index contributed by atoms with van der Waals surface area (Å²) in [6.07, 6.45) is -0.0785. The Kier molecular flexibility index (Phi) is 6.72. The van der Waals surface area contributed by atoms with Crippen molar-refractivity contribution >= 4 is 16.1 Å². The van der Waals surface area contributed by atoms with Crippen molar-refractivity contribution in [2.75, 3.05) is 6.26 Å². The maximum Gasteiger partial charge on any atom is 0.343 e. The Hall–Kier alpha value is -2.42. The van der Waals surface area contributed by atoms with Crippen LogP contribution in [0.15, 0.2) is 42.5 Å². The van der Waals surface area contributed by atoms with Crippen LogP contribution in [0.1, 0.15) is 48.4 Å². The Morgan fingerprint density at radius 2 is 1.69 bits per heavy atom. The van der Waals surface area contributed by atoms with Crippen LogP contribution in [0.4, 0.5) is 0 Å². The minimum absolute atomic E-state index is 0.0539. The number of phenolic OH excluding ortho intramolecular Hbond substituents is 1. The van der Waals surface area contributed by atoms with Gasteiger partial charge in [-0.05, 0) is 42.2 Å². The molecular weight excluding hydrogens is 394 g/mol. The van der Waals surface area contributed by atoms with Crippen LogP contribution in [0.25, 0.3) is 0 Å². The number of aryl methyl sites for hydroxylation is 1. The quantitative estimate of drug-likeness (QED) is 0.417. The summed E-state index contributed by atoms with van der Waals surface area (Å²) >= 11 is 0. The van der Waals surface area contributed by atoms with E-state index in [0.29, 0.717) is 11.1 Å². The molecule has 0 aliphatic heterocycles. The molecule has 2 unspecified atom stereocenters. The van der Waals surface area contributed by atoms with Gasteiger partial charge >= 0.3 is 5.97 Å². The fourth-order valence-corrected chi connectivity index (χ4v) is 3.22. The van der Waals surface area contributed by atoms with Gasteiger partial charge in [0.25, 0.3) is 10.1 Å². The highest BCUT2D eigenvalue weighted by atomic mass is 32.2. The Bertz CT molecular complexity index is 977. The van der Waals surface area contributed by atoms with Crippen molar-refractivity contribution in [1.82, 2.24) is 0 Å². The van der Waals surface area contributed by atoms with Crippen LogP contribution in [-0.4, -0.2) is 31.8 Å². The molecule has 0 amide bonds. The second-order valence-corrected chi connectivity index (χ2v) is 9.70. The zero-order valence-corrected chi connectivity index (χ0v) is 18.0. The summed E-state index contributed by atoms with van der Waals surface area (Å²) in [5.41, 5.74) is 7.46. The molecule has 0 heterocycles. The second kappa shape index (κ2) is 8.52. The van der Waals surface area contributed by atoms with E-state index >= 15 is 0 Å². The molecule has 0 saturated heterocycles. The Morgan fingerprint density at radius 1 is 1.10 bits per heavy atom. The molecule has 0 saturated carbocycles. The van der Waals surface area contributed by atoms with Crippen molar-refractivity contribution in [3.05, 3.63) is 59.2 Å². The highest BCUT2D eigenvalue weighted by Crippen LogP contribution is 2.36. The summed E-state index contributed by atoms with van der Waals surface area (Å²) in [6, 6.07) is 10.3. The van der Waals surface area contributed by atoms with E-state index in [-0.39, 0.29) is 11.5 Å². The van der Waals surface area contributed by atoms with E-state index in [9.17, 15) is 18.3 Å². The molecule has 8 heteroatoms. The lowest BCUT2D eigenvalue weighted by Gasteiger charge is -2.33. The number of ether oxygens (including phenoxy) is 1. The average molecular weight is 422 g/mol. The molecule has 3 N–H and O–H groups in total. The van der Waals surface area contributed by atoms with Crippen LogP contribution in [0.5, 0.6) is 11.5 Å². The predicted octanol–water partition coefficient (Wildman–Crippen LogP) is 3.31. The van der Waals surface area contributed by atoms with E-state index in [1.165, 1.54) is 18.2 Å². The maximum absolute atomic E-state index is 12.3. The first-order valence-electron chi connectivity index (χ1n) is 9.03. The lowest BCUT2D eigenvalue weighted by atomic mass is 9.82. The number of hydrogen-bond acceptors (Lipinski definition) is 7. The van der Waals surface area contributed by atoms with E-state index in [4.69, 9.17) is 14.7 Å². The number of aromatic hydroxyl groups is 1. The summed E-state index contributed by atoms with van der Waals surface area (Å²) in [5, 5.41) is 10.3. The van der Waals surface area contributed by atoms with Crippen LogP contribution in [0, 0.1) is 12.3 Å². The number of rotatable bonds is 6. The molecule has 158 valence electrons. The molecule has 7 nitrogen and oxygen atoms in total. The molecule has 2 rings (SSSR count). The summed E-state index contributed by atoms with van der Waals surface area (Å²) < 4.78 is 33.9. The Labute approximate surface area is 171 Å². The molecule has 0 spiro atoms. The van der Waals surface area contributed by atoms with E-state index in [1.54, 1.807) is 24.3 Å². The molecule has 2 aromatic rings. The highest BCUT2D eigenvalue weighted by molar-refractivity contribution is 7.86. The molecule has 2 atom stereocenters. The van der Waals surface area contributed by atoms with Gasteiger partial charge in [0.15, 0.2) is 11.5 Å². The largest absolute Gasteiger partial charge is 0.504 e. The number of hydrogen-bond donors (Lipinski definition) is 2. The van der Waals surface area contributed by atoms with E-state index in [2.05, 4.69) is 0 Å². The van der Waals surface area contributed by atoms with Gasteiger partial charge in [0.2, 0.25) is 0 Å². The third-order valence-corrected chi connectivity index (χ3v) is 4.96. The van der Waals surface area contributed by atoms with Crippen LogP contribution >= 0.6 is 0 Å². The number of esters is 1. The first-order valence-corrected chi connectivity index (χ1v) is 10.8. The third-order valence-electron chi connectivity index (χ3n) is 4.41. The fraction of sp³-hybridized carbons (Fsp3) is 0.381. The summed E-state index contributed by atoms with van der Waals surface area (Å²) in [6.45, 7) is 7.46. The van der Waals surface area contributed by atoms with Crippen molar-refractivity contribution in [1.29, 1.82) is 0 Å². The lowest BCUT2D eigenvalue weighted by molar-refractivity contribution is 0.0729. The molecule has 0 fully saturated rings. The van der Waals surface area contributed by atoms with Gasteiger partial charge in [-0.1, -0.05) is 44.5 Å². The fourth-order valence-electron chi connectivity index (χ4n) is 2.61. The summed E-state index contributed by atoms with van der Waals surface area (Å²) in [7, 11) is -3.81. The van der Waals surface area contributed by atoms with Gasteiger partial charge in [0.05, 0.1) is 11.8 Å². The van der Waals surface area contributed by atoms with Gasteiger partial charge in [0, 0.05) is 6.04 Å². The standard InChI is InChI=1S/C21H27NO6S/c1-13-6-8-14(9-7-13)20(24)27-17-11-10-15(12-16(17)23)18(28-29(5,25)26)19(22)21(2,3)4/h6-12,18-19,23H,22H2,1-5H3. The van der Waals surface area contributed by atoms with E-state index in [1.807, 2.05) is 27.7 Å². The average Bonchev–Trinajstić information content (AvgIpc) is 2.59. The smallest absolute Gasteiger partial charge is 0.343 e. The van der Waals surface area contributed by atoms with Gasteiger partial charge < -0.3 is 15.6 Å². The minimum atomic E-state index is -3.81. The van der Waals surface area contributed by atoms with Crippen molar-refractivity contribution in [3.63, 3.8) is 0 Å². The van der Waals surface area contributed by atoms with Crippen molar-refractivity contribution in [2.24, 2.45) is 11.1 Å². The van der Waals surface area contributed by atoms with Crippen molar-refractivity contribution in [2.45, 2.75) is 39.8 Å². The first-order chi connectivity index (χ1) is 13.3. The van der Waals surface area contributed by atoms with Gasteiger partial charge in [-0.2, -0.15) is 8.42 Å². The molecule has 0 aliphatic carbocycles. The topological polar surface area (TPSA) is 116 Å². The number of carbonyl (C=O) groups excluding carboxylic acids is 1. The molecular formula is C21H27NO6S. The van der Waals surface area contributed by atoms with Crippen LogP contribution < -0.4 is 10.5 Å². The van der Waals surface area contributed by atoms with E-state index in [0.717, 1.165) is 11.8 Å². The van der Waals surface area contributed by atoms with Gasteiger partial charge in [0.1, 0.15) is 6.10 Å². The number of phenols is 1. The second-order valence-electron chi connectivity index (χ2n) is 8.10. The van der Waals surface area contributed by atoms with Crippen molar-refractivity contribution < 1.29 is 27.2 Å². The zero-order chi connectivity index (χ0) is 22.0. The SMILES string of the molecule is Cc1ccc(C(=O)Oc2ccc(C(OS(C)(=O)=O)C(N)C(C)(C)C)cc2O)cc1.